The number of benzene rings is 1. The summed E-state index contributed by atoms with van der Waals surface area (Å²) in [5.74, 6) is -3.83. The molecule has 0 saturated heterocycles. The summed E-state index contributed by atoms with van der Waals surface area (Å²) in [5.41, 5.74) is 16.9. The van der Waals surface area contributed by atoms with E-state index in [0.717, 1.165) is 0 Å². The number of carbonyl (C=O) groups is 7. The van der Waals surface area contributed by atoms with Crippen LogP contribution in [0.3, 0.4) is 0 Å². The quantitative estimate of drug-likeness (QED) is 0.0130. The summed E-state index contributed by atoms with van der Waals surface area (Å²) >= 11 is 0. The molecule has 6 atom stereocenters. The van der Waals surface area contributed by atoms with Gasteiger partial charge in [-0.1, -0.05) is 23.2 Å². The Labute approximate surface area is 463 Å². The smallest absolute Gasteiger partial charge is 0.407 e. The molecule has 446 valence electrons. The van der Waals surface area contributed by atoms with Gasteiger partial charge in [0.15, 0.2) is 5.75 Å². The standard InChI is InChI=1S/C51H86N12O16/c1-33(2)55-45(66)35(4)56-43(64)15-18-72-22-25-75-27-28-76-32-42(61-63-53)60-40-31-38(30-39(59-49(70)79-51(10,11)12)29-34(3)47(68)78-50(7,8)9)13-14-41(40)77-48(69)37(6)58-46(67)36(5)57-44(65)16-19-71-21-24-74-26-23-73-20-17-54-62-52/h13-14,31,33-37,39,42,60H,15-30,32H2,1-12H3,(H,55,66)(H,56,64)(H,57,65)(H,58,67)(H,59,70)/t34?,35?,36?,37?,39-,42?/m1/s1. The Morgan fingerprint density at radius 1 is 0.582 bits per heavy atom. The largest absolute Gasteiger partial charge is 0.460 e. The lowest BCUT2D eigenvalue weighted by Gasteiger charge is -2.27. The molecule has 0 aromatic heterocycles. The molecular weight excluding hydrogens is 1040 g/mol. The first-order chi connectivity index (χ1) is 37.2. The molecule has 0 fully saturated rings. The first-order valence-corrected chi connectivity index (χ1v) is 26.3. The van der Waals surface area contributed by atoms with Crippen LogP contribution >= 0.6 is 0 Å². The van der Waals surface area contributed by atoms with Gasteiger partial charge in [-0.2, -0.15) is 0 Å². The molecule has 28 heteroatoms. The molecule has 1 aromatic carbocycles. The minimum Gasteiger partial charge on any atom is -0.460 e. The fourth-order valence-corrected chi connectivity index (χ4v) is 6.55. The lowest BCUT2D eigenvalue weighted by atomic mass is 9.95. The van der Waals surface area contributed by atoms with E-state index in [0.29, 0.717) is 18.8 Å². The van der Waals surface area contributed by atoms with E-state index in [1.807, 2.05) is 13.8 Å². The molecule has 0 saturated carbocycles. The number of alkyl carbamates (subject to hydrolysis) is 1. The summed E-state index contributed by atoms with van der Waals surface area (Å²) < 4.78 is 49.8. The van der Waals surface area contributed by atoms with Crippen LogP contribution in [-0.2, 0) is 73.1 Å². The normalized spacial score (nSPS) is 13.6. The Bertz CT molecular complexity index is 2140. The van der Waals surface area contributed by atoms with Gasteiger partial charge >= 0.3 is 18.0 Å². The van der Waals surface area contributed by atoms with Gasteiger partial charge in [0, 0.05) is 41.3 Å². The number of hydrogen-bond donors (Lipinski definition) is 6. The highest BCUT2D eigenvalue weighted by atomic mass is 16.6. The first kappa shape index (κ1) is 70.5. The lowest BCUT2D eigenvalue weighted by Crippen LogP contribution is -2.50. The highest BCUT2D eigenvalue weighted by molar-refractivity contribution is 5.91. The van der Waals surface area contributed by atoms with E-state index < -0.39 is 77.3 Å². The molecule has 1 rings (SSSR count). The zero-order valence-electron chi connectivity index (χ0n) is 48.0. The maximum absolute atomic E-state index is 13.6. The van der Waals surface area contributed by atoms with Crippen LogP contribution in [-0.4, -0.2) is 175 Å². The maximum Gasteiger partial charge on any atom is 0.407 e. The Hall–Kier alpha value is -6.51. The average Bonchev–Trinajstić information content (AvgIpc) is 3.34. The van der Waals surface area contributed by atoms with Gasteiger partial charge in [-0.05, 0) is 118 Å². The molecule has 0 spiro atoms. The van der Waals surface area contributed by atoms with Crippen molar-refractivity contribution in [3.8, 4) is 5.75 Å². The highest BCUT2D eigenvalue weighted by Gasteiger charge is 2.29. The molecule has 6 N–H and O–H groups in total. The molecule has 1 aromatic rings. The molecular formula is C51H86N12O16. The summed E-state index contributed by atoms with van der Waals surface area (Å²) in [6, 6.07) is 1.01. The Kier molecular flexibility index (Phi) is 34.8. The monoisotopic (exact) mass is 1120 g/mol. The van der Waals surface area contributed by atoms with Gasteiger partial charge in [0.1, 0.15) is 35.5 Å². The zero-order chi connectivity index (χ0) is 59.4. The summed E-state index contributed by atoms with van der Waals surface area (Å²) in [5, 5.41) is 23.6. The summed E-state index contributed by atoms with van der Waals surface area (Å²) in [6.45, 7) is 22.3. The van der Waals surface area contributed by atoms with Crippen LogP contribution in [0.25, 0.3) is 20.9 Å². The van der Waals surface area contributed by atoms with E-state index in [2.05, 4.69) is 52.0 Å². The van der Waals surface area contributed by atoms with Crippen LogP contribution in [0.2, 0.25) is 0 Å². The maximum atomic E-state index is 13.6. The minimum atomic E-state index is -1.23. The molecule has 0 aliphatic rings. The van der Waals surface area contributed by atoms with Crippen LogP contribution in [0.5, 0.6) is 5.75 Å². The molecule has 5 unspecified atom stereocenters. The van der Waals surface area contributed by atoms with E-state index >= 15 is 0 Å². The number of nitrogens with one attached hydrogen (secondary N) is 6. The van der Waals surface area contributed by atoms with Crippen molar-refractivity contribution in [1.29, 1.82) is 0 Å². The molecule has 0 aliphatic heterocycles. The third kappa shape index (κ3) is 35.6. The highest BCUT2D eigenvalue weighted by Crippen LogP contribution is 2.29. The van der Waals surface area contributed by atoms with Gasteiger partial charge in [-0.3, -0.25) is 24.0 Å². The van der Waals surface area contributed by atoms with Crippen molar-refractivity contribution in [3.63, 3.8) is 0 Å². The van der Waals surface area contributed by atoms with E-state index in [1.165, 1.54) is 19.9 Å². The van der Waals surface area contributed by atoms with Gasteiger partial charge in [0.25, 0.3) is 0 Å². The van der Waals surface area contributed by atoms with Gasteiger partial charge in [0.2, 0.25) is 23.6 Å². The number of hydrogen-bond acceptors (Lipinski definition) is 19. The van der Waals surface area contributed by atoms with Crippen LogP contribution in [0.4, 0.5) is 10.5 Å². The van der Waals surface area contributed by atoms with Crippen LogP contribution in [0.1, 0.15) is 108 Å². The molecule has 0 aliphatic carbocycles. The predicted octanol–water partition coefficient (Wildman–Crippen LogP) is 4.67. The lowest BCUT2D eigenvalue weighted by molar-refractivity contribution is -0.159. The second-order valence-electron chi connectivity index (χ2n) is 20.4. The van der Waals surface area contributed by atoms with Crippen molar-refractivity contribution in [3.05, 3.63) is 44.6 Å². The molecule has 0 radical (unpaired) electrons. The summed E-state index contributed by atoms with van der Waals surface area (Å²) in [4.78, 5) is 95.3. The SMILES string of the molecule is CC(C)NC(=O)C(C)NC(=O)CCOCCOCCOCC(N=[N+]=[N-])Nc1cc(C[C@@H](CC(C)C(=O)OC(C)(C)C)NC(=O)OC(C)(C)C)ccc1OC(=O)C(C)NC(=O)C(C)NC(=O)CCOCCOCCOCCN=[N+]=[N-]. The Morgan fingerprint density at radius 3 is 1.59 bits per heavy atom. The number of ether oxygens (including phenoxy) is 9. The number of azide groups is 2. The first-order valence-electron chi connectivity index (χ1n) is 26.3. The van der Waals surface area contributed by atoms with Crippen LogP contribution in [0.15, 0.2) is 28.4 Å². The molecule has 5 amide bonds. The number of rotatable bonds is 40. The number of esters is 2. The molecule has 0 bridgehead atoms. The summed E-state index contributed by atoms with van der Waals surface area (Å²) in [7, 11) is 0. The Balaban J connectivity index is 3.09. The van der Waals surface area contributed by atoms with E-state index in [-0.39, 0.29) is 128 Å². The van der Waals surface area contributed by atoms with Gasteiger partial charge < -0.3 is 74.5 Å². The van der Waals surface area contributed by atoms with Gasteiger partial charge in [-0.25, -0.2) is 9.59 Å². The second-order valence-corrected chi connectivity index (χ2v) is 20.4. The minimum absolute atomic E-state index is 0.0407. The van der Waals surface area contributed by atoms with Crippen molar-refractivity contribution >= 4 is 47.3 Å². The third-order valence-electron chi connectivity index (χ3n) is 10.2. The topological polar surface area (TPSA) is 372 Å². The van der Waals surface area contributed by atoms with Crippen LogP contribution in [0, 0.1) is 5.92 Å². The van der Waals surface area contributed by atoms with Crippen molar-refractivity contribution in [1.82, 2.24) is 26.6 Å². The van der Waals surface area contributed by atoms with Crippen molar-refractivity contribution in [2.24, 2.45) is 16.1 Å². The number of anilines is 1. The van der Waals surface area contributed by atoms with Gasteiger partial charge in [0.05, 0.1) is 90.9 Å². The molecule has 79 heavy (non-hydrogen) atoms. The van der Waals surface area contributed by atoms with E-state index in [4.69, 9.17) is 48.2 Å². The third-order valence-corrected chi connectivity index (χ3v) is 10.2. The van der Waals surface area contributed by atoms with Crippen molar-refractivity contribution in [2.75, 3.05) is 91.1 Å². The van der Waals surface area contributed by atoms with Crippen LogP contribution < -0.4 is 36.6 Å². The molecule has 28 nitrogen and oxygen atoms in total. The average molecular weight is 1120 g/mol. The van der Waals surface area contributed by atoms with Crippen molar-refractivity contribution < 1.29 is 76.2 Å². The van der Waals surface area contributed by atoms with Gasteiger partial charge in [-0.15, -0.1) is 0 Å². The second kappa shape index (κ2) is 39.0. The predicted molar refractivity (Wildman–Crippen MR) is 289 cm³/mol. The fraction of sp³-hybridized carbons (Fsp3) is 0.745. The van der Waals surface area contributed by atoms with E-state index in [1.54, 1.807) is 67.5 Å². The Morgan fingerprint density at radius 2 is 1.09 bits per heavy atom. The zero-order valence-corrected chi connectivity index (χ0v) is 48.0. The van der Waals surface area contributed by atoms with E-state index in [9.17, 15) is 39.1 Å². The number of carbonyl (C=O) groups excluding carboxylic acids is 7. The fourth-order valence-electron chi connectivity index (χ4n) is 6.55. The molecule has 0 heterocycles. The number of nitrogens with zero attached hydrogens (tertiary/aromatic N) is 6. The van der Waals surface area contributed by atoms with Crippen molar-refractivity contribution in [2.45, 2.75) is 156 Å². The summed E-state index contributed by atoms with van der Waals surface area (Å²) in [6.07, 6.45) is -1.52. The number of amides is 5.